The van der Waals surface area contributed by atoms with E-state index in [9.17, 15) is 14.4 Å². The molecule has 1 aliphatic heterocycles. The smallest absolute Gasteiger partial charge is 0.397 e. The van der Waals surface area contributed by atoms with Gasteiger partial charge in [-0.25, -0.2) is 4.79 Å². The van der Waals surface area contributed by atoms with Crippen molar-refractivity contribution in [1.29, 1.82) is 0 Å². The minimum Gasteiger partial charge on any atom is -0.459 e. The quantitative estimate of drug-likeness (QED) is 0.629. The zero-order chi connectivity index (χ0) is 14.0. The first-order valence-electron chi connectivity index (χ1n) is 5.90. The van der Waals surface area contributed by atoms with Crippen molar-refractivity contribution < 1.29 is 19.1 Å². The fourth-order valence-electron chi connectivity index (χ4n) is 1.93. The number of nitrogens with one attached hydrogen (secondary N) is 1. The number of likely N-dealkylation sites (N-methyl/N-ethyl adjacent to an activating group) is 1. The van der Waals surface area contributed by atoms with Gasteiger partial charge in [0.15, 0.2) is 0 Å². The molecule has 0 aromatic heterocycles. The van der Waals surface area contributed by atoms with E-state index in [4.69, 9.17) is 0 Å². The number of esters is 1. The maximum Gasteiger partial charge on any atom is 0.397 e. The molecule has 6 heteroatoms. The standard InChI is InChI=1S/C13H14N2O4/c1-3-19-13(18)12(17)14-9-4-5-10-8(6-9)7-11(16)15(10)2/h4-6H,3,7H2,1-2H3,(H,14,17). The lowest BCUT2D eigenvalue weighted by molar-refractivity contribution is -0.152. The average Bonchev–Trinajstić information content (AvgIpc) is 2.65. The van der Waals surface area contributed by atoms with Gasteiger partial charge in [0.1, 0.15) is 0 Å². The number of hydrogen-bond acceptors (Lipinski definition) is 4. The second-order valence-electron chi connectivity index (χ2n) is 4.15. The number of amides is 2. The molecule has 0 bridgehead atoms. The van der Waals surface area contributed by atoms with Gasteiger partial charge in [-0.1, -0.05) is 0 Å². The van der Waals surface area contributed by atoms with Crippen LogP contribution in [-0.4, -0.2) is 31.4 Å². The summed E-state index contributed by atoms with van der Waals surface area (Å²) in [7, 11) is 1.70. The first-order chi connectivity index (χ1) is 9.02. The Morgan fingerprint density at radius 3 is 2.84 bits per heavy atom. The van der Waals surface area contributed by atoms with Gasteiger partial charge in [-0.2, -0.15) is 0 Å². The molecule has 0 unspecified atom stereocenters. The molecule has 0 atom stereocenters. The van der Waals surface area contributed by atoms with Crippen LogP contribution in [0.1, 0.15) is 12.5 Å². The van der Waals surface area contributed by atoms with E-state index < -0.39 is 11.9 Å². The Morgan fingerprint density at radius 2 is 2.16 bits per heavy atom. The van der Waals surface area contributed by atoms with Crippen LogP contribution in [0.25, 0.3) is 0 Å². The van der Waals surface area contributed by atoms with Gasteiger partial charge in [-0.15, -0.1) is 0 Å². The van der Waals surface area contributed by atoms with E-state index in [-0.39, 0.29) is 12.5 Å². The molecular weight excluding hydrogens is 248 g/mol. The fourth-order valence-corrected chi connectivity index (χ4v) is 1.93. The molecule has 0 saturated carbocycles. The molecule has 1 heterocycles. The number of nitrogens with zero attached hydrogens (tertiary/aromatic N) is 1. The average molecular weight is 262 g/mol. The normalized spacial score (nSPS) is 13.2. The van der Waals surface area contributed by atoms with Crippen molar-refractivity contribution in [3.8, 4) is 0 Å². The molecule has 6 nitrogen and oxygen atoms in total. The summed E-state index contributed by atoms with van der Waals surface area (Å²) in [6.07, 6.45) is 0.301. The van der Waals surface area contributed by atoms with E-state index in [1.807, 2.05) is 0 Å². The number of anilines is 2. The molecule has 0 radical (unpaired) electrons. The second kappa shape index (κ2) is 5.09. The number of carbonyl (C=O) groups excluding carboxylic acids is 3. The highest BCUT2D eigenvalue weighted by molar-refractivity contribution is 6.37. The minimum absolute atomic E-state index is 0.00358. The summed E-state index contributed by atoms with van der Waals surface area (Å²) in [4.78, 5) is 35.7. The molecule has 0 aliphatic carbocycles. The third kappa shape index (κ3) is 2.57. The maximum absolute atomic E-state index is 11.5. The Labute approximate surface area is 110 Å². The molecule has 100 valence electrons. The van der Waals surface area contributed by atoms with Crippen LogP contribution < -0.4 is 10.2 Å². The first kappa shape index (κ1) is 13.1. The highest BCUT2D eigenvalue weighted by Gasteiger charge is 2.24. The Kier molecular flexibility index (Phi) is 3.50. The third-order valence-electron chi connectivity index (χ3n) is 2.88. The highest BCUT2D eigenvalue weighted by atomic mass is 16.5. The number of benzene rings is 1. The van der Waals surface area contributed by atoms with Gasteiger partial charge in [0, 0.05) is 18.4 Å². The molecule has 2 amide bonds. The Hall–Kier alpha value is -2.37. The van der Waals surface area contributed by atoms with Crippen LogP contribution in [-0.2, 0) is 25.5 Å². The predicted octanol–water partition coefficient (Wildman–Crippen LogP) is 0.707. The van der Waals surface area contributed by atoms with Crippen molar-refractivity contribution in [3.63, 3.8) is 0 Å². The summed E-state index contributed by atoms with van der Waals surface area (Å²) >= 11 is 0. The SMILES string of the molecule is CCOC(=O)C(=O)Nc1ccc2c(c1)CC(=O)N2C. The van der Waals surface area contributed by atoms with E-state index in [2.05, 4.69) is 10.1 Å². The van der Waals surface area contributed by atoms with Gasteiger partial charge in [-0.05, 0) is 30.7 Å². The van der Waals surface area contributed by atoms with E-state index >= 15 is 0 Å². The summed E-state index contributed by atoms with van der Waals surface area (Å²) < 4.78 is 4.59. The highest BCUT2D eigenvalue weighted by Crippen LogP contribution is 2.29. The summed E-state index contributed by atoms with van der Waals surface area (Å²) in [5.74, 6) is -1.74. The summed E-state index contributed by atoms with van der Waals surface area (Å²) in [6.45, 7) is 1.78. The van der Waals surface area contributed by atoms with Crippen LogP contribution in [0.15, 0.2) is 18.2 Å². The Bertz CT molecular complexity index is 554. The van der Waals surface area contributed by atoms with Crippen molar-refractivity contribution >= 4 is 29.2 Å². The number of ether oxygens (including phenoxy) is 1. The van der Waals surface area contributed by atoms with Gasteiger partial charge < -0.3 is 15.0 Å². The van der Waals surface area contributed by atoms with Crippen molar-refractivity contribution in [2.75, 3.05) is 23.9 Å². The lowest BCUT2D eigenvalue weighted by Gasteiger charge is -2.10. The van der Waals surface area contributed by atoms with E-state index in [1.165, 1.54) is 0 Å². The molecule has 1 N–H and O–H groups in total. The Morgan fingerprint density at radius 1 is 1.42 bits per heavy atom. The molecule has 0 saturated heterocycles. The van der Waals surface area contributed by atoms with Crippen LogP contribution >= 0.6 is 0 Å². The van der Waals surface area contributed by atoms with Crippen molar-refractivity contribution in [2.45, 2.75) is 13.3 Å². The summed E-state index contributed by atoms with van der Waals surface area (Å²) in [5, 5.41) is 2.44. The number of carbonyl (C=O) groups is 3. The van der Waals surface area contributed by atoms with Crippen LogP contribution in [0.2, 0.25) is 0 Å². The van der Waals surface area contributed by atoms with Gasteiger partial charge in [0.05, 0.1) is 13.0 Å². The van der Waals surface area contributed by atoms with E-state index in [0.717, 1.165) is 11.3 Å². The van der Waals surface area contributed by atoms with Gasteiger partial charge in [-0.3, -0.25) is 9.59 Å². The molecule has 0 spiro atoms. The van der Waals surface area contributed by atoms with Crippen molar-refractivity contribution in [2.24, 2.45) is 0 Å². The van der Waals surface area contributed by atoms with E-state index in [1.54, 1.807) is 37.1 Å². The predicted molar refractivity (Wildman–Crippen MR) is 68.8 cm³/mol. The molecule has 1 aromatic rings. The van der Waals surface area contributed by atoms with Crippen LogP contribution in [0.3, 0.4) is 0 Å². The maximum atomic E-state index is 11.5. The van der Waals surface area contributed by atoms with Crippen LogP contribution in [0.5, 0.6) is 0 Å². The Balaban J connectivity index is 2.12. The number of fused-ring (bicyclic) bond motifs is 1. The molecule has 1 aromatic carbocycles. The van der Waals surface area contributed by atoms with Gasteiger partial charge >= 0.3 is 11.9 Å². The number of rotatable bonds is 2. The molecule has 1 aliphatic rings. The number of hydrogen-bond donors (Lipinski definition) is 1. The van der Waals surface area contributed by atoms with Gasteiger partial charge in [0.2, 0.25) is 5.91 Å². The molecule has 19 heavy (non-hydrogen) atoms. The largest absolute Gasteiger partial charge is 0.459 e. The zero-order valence-electron chi connectivity index (χ0n) is 10.7. The molecule has 0 fully saturated rings. The summed E-state index contributed by atoms with van der Waals surface area (Å²) in [5.41, 5.74) is 2.12. The van der Waals surface area contributed by atoms with Crippen molar-refractivity contribution in [3.05, 3.63) is 23.8 Å². The first-order valence-corrected chi connectivity index (χ1v) is 5.90. The van der Waals surface area contributed by atoms with Crippen molar-refractivity contribution in [1.82, 2.24) is 0 Å². The minimum atomic E-state index is -0.920. The monoisotopic (exact) mass is 262 g/mol. The second-order valence-corrected chi connectivity index (χ2v) is 4.15. The molecule has 2 rings (SSSR count). The lowest BCUT2D eigenvalue weighted by Crippen LogP contribution is -2.25. The lowest BCUT2D eigenvalue weighted by atomic mass is 10.1. The van der Waals surface area contributed by atoms with Crippen LogP contribution in [0.4, 0.5) is 11.4 Å². The zero-order valence-corrected chi connectivity index (χ0v) is 10.7. The topological polar surface area (TPSA) is 75.7 Å². The van der Waals surface area contributed by atoms with E-state index in [0.29, 0.717) is 12.1 Å². The molecular formula is C13H14N2O4. The third-order valence-corrected chi connectivity index (χ3v) is 2.88. The van der Waals surface area contributed by atoms with Gasteiger partial charge in [0.25, 0.3) is 0 Å². The summed E-state index contributed by atoms with van der Waals surface area (Å²) in [6, 6.07) is 5.07. The fraction of sp³-hybridized carbons (Fsp3) is 0.308. The van der Waals surface area contributed by atoms with Crippen LogP contribution in [0, 0.1) is 0 Å².